The highest BCUT2D eigenvalue weighted by atomic mass is 32.2. The highest BCUT2D eigenvalue weighted by molar-refractivity contribution is 7.89. The number of hydrogen-bond acceptors (Lipinski definition) is 4. The summed E-state index contributed by atoms with van der Waals surface area (Å²) in [5.41, 5.74) is 1.29. The summed E-state index contributed by atoms with van der Waals surface area (Å²) in [7, 11) is -2.36. The Morgan fingerprint density at radius 2 is 1.93 bits per heavy atom. The molecule has 0 saturated carbocycles. The predicted octanol–water partition coefficient (Wildman–Crippen LogP) is 3.18. The van der Waals surface area contributed by atoms with Gasteiger partial charge in [0.15, 0.2) is 0 Å². The molecule has 0 bridgehead atoms. The minimum Gasteiger partial charge on any atom is -0.495 e. The first kappa shape index (κ1) is 20.3. The molecule has 0 unspecified atom stereocenters. The molecule has 1 aliphatic heterocycles. The Bertz CT molecular complexity index is 961. The number of piperidine rings is 1. The number of sulfonamides is 1. The second kappa shape index (κ2) is 8.28. The van der Waals surface area contributed by atoms with E-state index in [1.165, 1.54) is 35.7 Å². The Morgan fingerprint density at radius 3 is 2.61 bits per heavy atom. The van der Waals surface area contributed by atoms with E-state index in [-0.39, 0.29) is 28.9 Å². The number of hydrogen-bond donors (Lipinski definition) is 1. The molecule has 1 aliphatic rings. The second-order valence-electron chi connectivity index (χ2n) is 6.85. The van der Waals surface area contributed by atoms with Crippen molar-refractivity contribution < 1.29 is 22.3 Å². The summed E-state index contributed by atoms with van der Waals surface area (Å²) < 4.78 is 45.9. The summed E-state index contributed by atoms with van der Waals surface area (Å²) in [6.07, 6.45) is 1.17. The highest BCUT2D eigenvalue weighted by Crippen LogP contribution is 2.31. The number of benzene rings is 2. The van der Waals surface area contributed by atoms with Gasteiger partial charge >= 0.3 is 0 Å². The number of anilines is 1. The third-order valence-electron chi connectivity index (χ3n) is 4.80. The monoisotopic (exact) mass is 406 g/mol. The normalized spacial score (nSPS) is 17.9. The lowest BCUT2D eigenvalue weighted by Crippen LogP contribution is -2.43. The van der Waals surface area contributed by atoms with Crippen LogP contribution in [0, 0.1) is 18.7 Å². The lowest BCUT2D eigenvalue weighted by Gasteiger charge is -2.31. The first-order chi connectivity index (χ1) is 13.3. The van der Waals surface area contributed by atoms with Crippen LogP contribution >= 0.6 is 0 Å². The zero-order valence-corrected chi connectivity index (χ0v) is 16.6. The Labute approximate surface area is 164 Å². The molecule has 28 heavy (non-hydrogen) atoms. The number of methoxy groups -OCH3 is 1. The third-order valence-corrected chi connectivity index (χ3v) is 6.69. The van der Waals surface area contributed by atoms with E-state index >= 15 is 0 Å². The number of aryl methyl sites for hydroxylation is 1. The number of carbonyl (C=O) groups is 1. The molecule has 8 heteroatoms. The van der Waals surface area contributed by atoms with Crippen LogP contribution in [0.5, 0.6) is 5.75 Å². The quantitative estimate of drug-likeness (QED) is 0.828. The van der Waals surface area contributed by atoms with Gasteiger partial charge in [0.2, 0.25) is 15.9 Å². The average Bonchev–Trinajstić information content (AvgIpc) is 2.69. The minimum atomic E-state index is -3.79. The molecule has 1 saturated heterocycles. The van der Waals surface area contributed by atoms with Crippen LogP contribution in [0.4, 0.5) is 10.1 Å². The van der Waals surface area contributed by atoms with Crippen LogP contribution < -0.4 is 10.1 Å². The van der Waals surface area contributed by atoms with Crippen molar-refractivity contribution in [3.8, 4) is 5.75 Å². The van der Waals surface area contributed by atoms with Crippen molar-refractivity contribution in [2.75, 3.05) is 25.5 Å². The summed E-state index contributed by atoms with van der Waals surface area (Å²) in [6, 6.07) is 10.5. The molecule has 1 amide bonds. The van der Waals surface area contributed by atoms with Crippen molar-refractivity contribution >= 4 is 21.6 Å². The number of halogens is 1. The van der Waals surface area contributed by atoms with E-state index in [1.807, 2.05) is 6.92 Å². The molecular formula is C20H23FN2O4S. The van der Waals surface area contributed by atoms with Crippen LogP contribution in [0.25, 0.3) is 0 Å². The number of rotatable bonds is 5. The SMILES string of the molecule is COc1ccc(C)cc1S(=O)(=O)N1CCC[C@@H](C(=O)Nc2ccc(F)cc2)C1. The van der Waals surface area contributed by atoms with Crippen molar-refractivity contribution in [1.29, 1.82) is 0 Å². The maximum Gasteiger partial charge on any atom is 0.246 e. The van der Waals surface area contributed by atoms with E-state index in [1.54, 1.807) is 18.2 Å². The van der Waals surface area contributed by atoms with Crippen LogP contribution in [-0.4, -0.2) is 38.8 Å². The van der Waals surface area contributed by atoms with Gasteiger partial charge in [0.1, 0.15) is 16.5 Å². The van der Waals surface area contributed by atoms with E-state index in [0.717, 1.165) is 5.56 Å². The molecular weight excluding hydrogens is 383 g/mol. The standard InChI is InChI=1S/C20H23FN2O4S/c1-14-5-10-18(27-2)19(12-14)28(25,26)23-11-3-4-15(13-23)20(24)22-17-8-6-16(21)7-9-17/h5-10,12,15H,3-4,11,13H2,1-2H3,(H,22,24)/t15-/m1/s1. The summed E-state index contributed by atoms with van der Waals surface area (Å²) in [6.45, 7) is 2.25. The molecule has 2 aromatic rings. The van der Waals surface area contributed by atoms with Gasteiger partial charge < -0.3 is 10.1 Å². The second-order valence-corrected chi connectivity index (χ2v) is 8.76. The molecule has 3 rings (SSSR count). The zero-order chi connectivity index (χ0) is 20.3. The van der Waals surface area contributed by atoms with Gasteiger partial charge in [-0.1, -0.05) is 6.07 Å². The Morgan fingerprint density at radius 1 is 1.21 bits per heavy atom. The number of carbonyl (C=O) groups excluding carboxylic acids is 1. The number of amides is 1. The van der Waals surface area contributed by atoms with E-state index < -0.39 is 15.9 Å². The van der Waals surface area contributed by atoms with Crippen molar-refractivity contribution in [2.45, 2.75) is 24.7 Å². The highest BCUT2D eigenvalue weighted by Gasteiger charge is 2.34. The zero-order valence-electron chi connectivity index (χ0n) is 15.8. The average molecular weight is 406 g/mol. The van der Waals surface area contributed by atoms with Crippen LogP contribution in [0.2, 0.25) is 0 Å². The lowest BCUT2D eigenvalue weighted by atomic mass is 9.99. The van der Waals surface area contributed by atoms with E-state index in [9.17, 15) is 17.6 Å². The summed E-state index contributed by atoms with van der Waals surface area (Å²) in [5, 5.41) is 2.73. The fourth-order valence-corrected chi connectivity index (χ4v) is 5.04. The van der Waals surface area contributed by atoms with Crippen LogP contribution in [0.15, 0.2) is 47.4 Å². The maximum absolute atomic E-state index is 13.2. The van der Waals surface area contributed by atoms with Crippen molar-refractivity contribution in [3.63, 3.8) is 0 Å². The van der Waals surface area contributed by atoms with Gasteiger partial charge in [-0.3, -0.25) is 4.79 Å². The molecule has 0 radical (unpaired) electrons. The van der Waals surface area contributed by atoms with Gasteiger partial charge in [-0.25, -0.2) is 12.8 Å². The largest absolute Gasteiger partial charge is 0.495 e. The topological polar surface area (TPSA) is 75.7 Å². The van der Waals surface area contributed by atoms with Gasteiger partial charge in [0.05, 0.1) is 13.0 Å². The van der Waals surface area contributed by atoms with Crippen molar-refractivity contribution in [1.82, 2.24) is 4.31 Å². The molecule has 2 aromatic carbocycles. The van der Waals surface area contributed by atoms with Crippen LogP contribution in [0.1, 0.15) is 18.4 Å². The van der Waals surface area contributed by atoms with Crippen molar-refractivity contribution in [3.05, 3.63) is 53.8 Å². The maximum atomic E-state index is 13.2. The van der Waals surface area contributed by atoms with Crippen LogP contribution in [-0.2, 0) is 14.8 Å². The molecule has 1 heterocycles. The fourth-order valence-electron chi connectivity index (χ4n) is 3.28. The molecule has 0 aliphatic carbocycles. The van der Waals surface area contributed by atoms with Crippen LogP contribution in [0.3, 0.4) is 0 Å². The molecule has 0 aromatic heterocycles. The van der Waals surface area contributed by atoms with Gasteiger partial charge in [-0.15, -0.1) is 0 Å². The predicted molar refractivity (Wildman–Crippen MR) is 104 cm³/mol. The molecule has 1 atom stereocenters. The Kier molecular flexibility index (Phi) is 6.00. The Hall–Kier alpha value is -2.45. The first-order valence-electron chi connectivity index (χ1n) is 9.02. The van der Waals surface area contributed by atoms with E-state index in [4.69, 9.17) is 4.74 Å². The van der Waals surface area contributed by atoms with Crippen molar-refractivity contribution in [2.24, 2.45) is 5.92 Å². The number of ether oxygens (including phenoxy) is 1. The van der Waals surface area contributed by atoms with Gasteiger partial charge in [-0.2, -0.15) is 4.31 Å². The van der Waals surface area contributed by atoms with Gasteiger partial charge in [0, 0.05) is 18.8 Å². The smallest absolute Gasteiger partial charge is 0.246 e. The fraction of sp³-hybridized carbons (Fsp3) is 0.350. The molecule has 0 spiro atoms. The molecule has 150 valence electrons. The number of nitrogens with one attached hydrogen (secondary N) is 1. The van der Waals surface area contributed by atoms with Gasteiger partial charge in [-0.05, 0) is 61.7 Å². The minimum absolute atomic E-state index is 0.0897. The molecule has 1 N–H and O–H groups in total. The Balaban J connectivity index is 1.78. The lowest BCUT2D eigenvalue weighted by molar-refractivity contribution is -0.120. The number of nitrogens with zero attached hydrogens (tertiary/aromatic N) is 1. The van der Waals surface area contributed by atoms with Gasteiger partial charge in [0.25, 0.3) is 0 Å². The molecule has 6 nitrogen and oxygen atoms in total. The third kappa shape index (κ3) is 4.34. The summed E-state index contributed by atoms with van der Waals surface area (Å²) in [5.74, 6) is -0.865. The summed E-state index contributed by atoms with van der Waals surface area (Å²) in [4.78, 5) is 12.7. The van der Waals surface area contributed by atoms with E-state index in [2.05, 4.69) is 5.32 Å². The summed E-state index contributed by atoms with van der Waals surface area (Å²) >= 11 is 0. The first-order valence-corrected chi connectivity index (χ1v) is 10.5. The van der Waals surface area contributed by atoms with E-state index in [0.29, 0.717) is 25.1 Å². The molecule has 1 fully saturated rings.